The molecule has 2 aromatic rings. The molecular weight excluding hydrogens is 382 g/mol. The number of aryl methyl sites for hydroxylation is 2. The van der Waals surface area contributed by atoms with Crippen molar-refractivity contribution in [3.8, 4) is 0 Å². The van der Waals surface area contributed by atoms with Crippen molar-refractivity contribution in [1.82, 2.24) is 14.9 Å². The van der Waals surface area contributed by atoms with Gasteiger partial charge in [0.1, 0.15) is 27.6 Å². The van der Waals surface area contributed by atoms with Crippen LogP contribution in [0.1, 0.15) is 44.1 Å². The molecule has 0 spiro atoms. The Morgan fingerprint density at radius 2 is 2.11 bits per heavy atom. The maximum atomic E-state index is 12.5. The summed E-state index contributed by atoms with van der Waals surface area (Å²) in [5.41, 5.74) is 0.808. The van der Waals surface area contributed by atoms with Gasteiger partial charge < -0.3 is 9.64 Å². The largest absolute Gasteiger partial charge is 0.444 e. The predicted octanol–water partition coefficient (Wildman–Crippen LogP) is 3.85. The number of likely N-dealkylation sites (tertiary alicyclic amines) is 1. The van der Waals surface area contributed by atoms with E-state index < -0.39 is 5.60 Å². The number of ether oxygens (including phenoxy) is 1. The Hall–Kier alpha value is -1.67. The van der Waals surface area contributed by atoms with E-state index in [9.17, 15) is 9.59 Å². The molecule has 1 atom stereocenters. The van der Waals surface area contributed by atoms with E-state index in [1.165, 1.54) is 28.6 Å². The molecule has 1 saturated heterocycles. The van der Waals surface area contributed by atoms with E-state index in [4.69, 9.17) is 4.74 Å². The lowest BCUT2D eigenvalue weighted by Gasteiger charge is -2.33. The van der Waals surface area contributed by atoms with Crippen LogP contribution in [0, 0.1) is 0 Å². The Morgan fingerprint density at radius 3 is 2.89 bits per heavy atom. The Morgan fingerprint density at radius 1 is 1.30 bits per heavy atom. The number of amides is 1. The third kappa shape index (κ3) is 3.82. The van der Waals surface area contributed by atoms with Crippen molar-refractivity contribution in [2.24, 2.45) is 0 Å². The van der Waals surface area contributed by atoms with Gasteiger partial charge in [-0.15, -0.1) is 11.3 Å². The molecule has 27 heavy (non-hydrogen) atoms. The number of piperidine rings is 1. The minimum Gasteiger partial charge on any atom is -0.444 e. The maximum absolute atomic E-state index is 12.5. The van der Waals surface area contributed by atoms with Crippen LogP contribution in [0.15, 0.2) is 11.4 Å². The Labute approximate surface area is 166 Å². The first kappa shape index (κ1) is 18.7. The van der Waals surface area contributed by atoms with Crippen molar-refractivity contribution >= 4 is 45.2 Å². The third-order valence-electron chi connectivity index (χ3n) is 4.75. The molecule has 2 aromatic heterocycles. The number of nitrogens with zero attached hydrogens (tertiary/aromatic N) is 3. The number of fused-ring (bicyclic) bond motifs is 3. The highest BCUT2D eigenvalue weighted by atomic mass is 32.2. The fraction of sp³-hybridized carbons (Fsp3) is 0.579. The fourth-order valence-electron chi connectivity index (χ4n) is 3.52. The molecular formula is C19H23N3O3S2. The summed E-state index contributed by atoms with van der Waals surface area (Å²) in [4.78, 5) is 37.9. The first-order chi connectivity index (χ1) is 12.8. The summed E-state index contributed by atoms with van der Waals surface area (Å²) in [5, 5.41) is 1.66. The zero-order valence-electron chi connectivity index (χ0n) is 15.8. The summed E-state index contributed by atoms with van der Waals surface area (Å²) >= 11 is 3.21. The van der Waals surface area contributed by atoms with Gasteiger partial charge in [-0.1, -0.05) is 11.8 Å². The van der Waals surface area contributed by atoms with Gasteiger partial charge in [0.15, 0.2) is 0 Å². The van der Waals surface area contributed by atoms with Crippen LogP contribution in [0.3, 0.4) is 0 Å². The molecule has 1 amide bonds. The molecule has 0 radical (unpaired) electrons. The van der Waals surface area contributed by atoms with Crippen molar-refractivity contribution in [3.05, 3.63) is 16.8 Å². The quantitative estimate of drug-likeness (QED) is 0.707. The minimum atomic E-state index is -0.544. The Bertz CT molecular complexity index is 903. The van der Waals surface area contributed by atoms with Gasteiger partial charge >= 0.3 is 6.09 Å². The number of thiophene rings is 1. The van der Waals surface area contributed by atoms with Crippen molar-refractivity contribution in [2.75, 3.05) is 13.1 Å². The lowest BCUT2D eigenvalue weighted by molar-refractivity contribution is -0.120. The summed E-state index contributed by atoms with van der Waals surface area (Å²) in [5.74, 6) is 0.165. The lowest BCUT2D eigenvalue weighted by atomic mass is 10.1. The number of thioether (sulfide) groups is 1. The molecule has 6 nitrogen and oxygen atoms in total. The monoisotopic (exact) mass is 405 g/mol. The van der Waals surface area contributed by atoms with E-state index in [1.807, 2.05) is 20.8 Å². The third-order valence-corrected chi connectivity index (χ3v) is 7.17. The van der Waals surface area contributed by atoms with E-state index in [-0.39, 0.29) is 17.1 Å². The van der Waals surface area contributed by atoms with Crippen LogP contribution >= 0.6 is 23.1 Å². The summed E-state index contributed by atoms with van der Waals surface area (Å²) in [6.07, 6.45) is 4.91. The van der Waals surface area contributed by atoms with Gasteiger partial charge in [0.25, 0.3) is 0 Å². The second-order valence-electron chi connectivity index (χ2n) is 7.97. The summed E-state index contributed by atoms with van der Waals surface area (Å²) in [6, 6.07) is 0. The van der Waals surface area contributed by atoms with Gasteiger partial charge in [0, 0.05) is 29.8 Å². The highest BCUT2D eigenvalue weighted by Crippen LogP contribution is 2.41. The summed E-state index contributed by atoms with van der Waals surface area (Å²) < 4.78 is 5.47. The first-order valence-electron chi connectivity index (χ1n) is 9.24. The number of hydrogen-bond donors (Lipinski definition) is 0. The molecule has 8 heteroatoms. The van der Waals surface area contributed by atoms with Gasteiger partial charge in [-0.25, -0.2) is 14.8 Å². The van der Waals surface area contributed by atoms with Gasteiger partial charge in [-0.3, -0.25) is 4.79 Å². The van der Waals surface area contributed by atoms with Crippen molar-refractivity contribution in [2.45, 2.75) is 62.3 Å². The van der Waals surface area contributed by atoms with Crippen molar-refractivity contribution < 1.29 is 14.3 Å². The zero-order valence-corrected chi connectivity index (χ0v) is 17.4. The van der Waals surface area contributed by atoms with E-state index >= 15 is 0 Å². The van der Waals surface area contributed by atoms with Crippen LogP contribution in [0.2, 0.25) is 0 Å². The standard InChI is InChI=1S/C19H23N3O3S2/c1-19(2,3)25-18(24)22-8-7-12(23)14(9-22)27-17-15-11-5-4-6-13(11)26-16(15)20-10-21-17/h10,14H,4-9H2,1-3H3/t14-/m0/s1. The normalized spacial score (nSPS) is 20.2. The minimum absolute atomic E-state index is 0.165. The molecule has 1 aliphatic carbocycles. The number of hydrogen-bond acceptors (Lipinski definition) is 7. The number of carbonyl (C=O) groups is 2. The van der Waals surface area contributed by atoms with Crippen molar-refractivity contribution in [3.63, 3.8) is 0 Å². The van der Waals surface area contributed by atoms with Gasteiger partial charge in [-0.2, -0.15) is 0 Å². The SMILES string of the molecule is CC(C)(C)OC(=O)N1CCC(=O)[C@@H](Sc2ncnc3sc4c(c23)CCC4)C1. The number of Topliss-reactive ketones (excluding diaryl/α,β-unsaturated/α-hetero) is 1. The topological polar surface area (TPSA) is 72.4 Å². The van der Waals surface area contributed by atoms with E-state index in [0.717, 1.165) is 28.1 Å². The van der Waals surface area contributed by atoms with Gasteiger partial charge in [0.2, 0.25) is 0 Å². The van der Waals surface area contributed by atoms with E-state index in [1.54, 1.807) is 22.6 Å². The van der Waals surface area contributed by atoms with Gasteiger partial charge in [-0.05, 0) is 45.6 Å². The van der Waals surface area contributed by atoms with Gasteiger partial charge in [0.05, 0.1) is 5.25 Å². The smallest absolute Gasteiger partial charge is 0.410 e. The molecule has 0 unspecified atom stereocenters. The van der Waals surface area contributed by atoms with Crippen molar-refractivity contribution in [1.29, 1.82) is 0 Å². The summed E-state index contributed by atoms with van der Waals surface area (Å²) in [7, 11) is 0. The second-order valence-corrected chi connectivity index (χ2v) is 10.2. The molecule has 0 bridgehead atoms. The van der Waals surface area contributed by atoms with E-state index in [0.29, 0.717) is 19.5 Å². The maximum Gasteiger partial charge on any atom is 0.410 e. The predicted molar refractivity (Wildman–Crippen MR) is 107 cm³/mol. The average Bonchev–Trinajstić information content (AvgIpc) is 3.16. The molecule has 0 saturated carbocycles. The highest BCUT2D eigenvalue weighted by molar-refractivity contribution is 8.00. The number of rotatable bonds is 2. The van der Waals surface area contributed by atoms with Crippen LogP contribution in [0.5, 0.6) is 0 Å². The average molecular weight is 406 g/mol. The Kier molecular flexibility index (Phi) is 4.88. The highest BCUT2D eigenvalue weighted by Gasteiger charge is 2.34. The van der Waals surface area contributed by atoms with E-state index in [2.05, 4.69) is 9.97 Å². The zero-order chi connectivity index (χ0) is 19.2. The fourth-order valence-corrected chi connectivity index (χ4v) is 6.03. The molecule has 0 aromatic carbocycles. The molecule has 4 rings (SSSR count). The molecule has 2 aliphatic rings. The van der Waals surface area contributed by atoms with Crippen LogP contribution in [0.25, 0.3) is 10.2 Å². The molecule has 144 valence electrons. The molecule has 0 N–H and O–H groups in total. The first-order valence-corrected chi connectivity index (χ1v) is 10.9. The second kappa shape index (κ2) is 7.05. The number of ketones is 1. The molecule has 3 heterocycles. The van der Waals surface area contributed by atoms with Crippen LogP contribution < -0.4 is 0 Å². The molecule has 1 fully saturated rings. The van der Waals surface area contributed by atoms with Crippen LogP contribution in [-0.2, 0) is 22.4 Å². The Balaban J connectivity index is 1.56. The summed E-state index contributed by atoms with van der Waals surface area (Å²) in [6.45, 7) is 6.32. The van der Waals surface area contributed by atoms with Crippen LogP contribution in [0.4, 0.5) is 4.79 Å². The number of carbonyl (C=O) groups excluding carboxylic acids is 2. The van der Waals surface area contributed by atoms with Crippen LogP contribution in [-0.4, -0.2) is 50.7 Å². The lowest BCUT2D eigenvalue weighted by Crippen LogP contribution is -2.47. The molecule has 1 aliphatic heterocycles. The number of aromatic nitrogens is 2.